The Morgan fingerprint density at radius 3 is 2.37 bits per heavy atom. The molecule has 0 radical (unpaired) electrons. The number of ketones is 1. The normalized spacial score (nSPS) is 27.5. The SMILES string of the molecule is CC1CCCCCCCCC(=O)/C=C/C=C/C(=O)O1. The number of carbonyl (C=O) groups is 2. The van der Waals surface area contributed by atoms with Crippen LogP contribution in [0.1, 0.15) is 58.3 Å². The number of carbonyl (C=O) groups excluding carboxylic acids is 2. The number of allylic oxidation sites excluding steroid dienone is 3. The molecule has 3 heteroatoms. The van der Waals surface area contributed by atoms with Crippen molar-refractivity contribution in [1.82, 2.24) is 0 Å². The first-order valence-electron chi connectivity index (χ1n) is 7.26. The molecule has 106 valence electrons. The Balaban J connectivity index is 2.49. The molecule has 0 N–H and O–H groups in total. The molecule has 0 aromatic carbocycles. The Hall–Kier alpha value is -1.38. The van der Waals surface area contributed by atoms with Crippen LogP contribution >= 0.6 is 0 Å². The lowest BCUT2D eigenvalue weighted by molar-refractivity contribution is -0.142. The summed E-state index contributed by atoms with van der Waals surface area (Å²) >= 11 is 0. The Kier molecular flexibility index (Phi) is 7.87. The highest BCUT2D eigenvalue weighted by Gasteiger charge is 2.06. The van der Waals surface area contributed by atoms with Crippen molar-refractivity contribution in [2.75, 3.05) is 0 Å². The van der Waals surface area contributed by atoms with Crippen LogP contribution in [-0.2, 0) is 14.3 Å². The minimum atomic E-state index is -0.336. The highest BCUT2D eigenvalue weighted by molar-refractivity contribution is 5.90. The maximum absolute atomic E-state index is 11.5. The molecule has 1 heterocycles. The van der Waals surface area contributed by atoms with Gasteiger partial charge in [0.05, 0.1) is 6.10 Å². The summed E-state index contributed by atoms with van der Waals surface area (Å²) in [5.74, 6) is -0.213. The number of rotatable bonds is 0. The zero-order chi connectivity index (χ0) is 13.9. The van der Waals surface area contributed by atoms with E-state index in [-0.39, 0.29) is 17.9 Å². The topological polar surface area (TPSA) is 43.4 Å². The second kappa shape index (κ2) is 9.54. The van der Waals surface area contributed by atoms with E-state index < -0.39 is 0 Å². The number of esters is 1. The largest absolute Gasteiger partial charge is 0.460 e. The fourth-order valence-corrected chi connectivity index (χ4v) is 2.11. The zero-order valence-electron chi connectivity index (χ0n) is 11.8. The van der Waals surface area contributed by atoms with Crippen molar-refractivity contribution in [2.24, 2.45) is 0 Å². The van der Waals surface area contributed by atoms with Gasteiger partial charge in [0.1, 0.15) is 0 Å². The van der Waals surface area contributed by atoms with E-state index in [1.807, 2.05) is 6.92 Å². The molecule has 19 heavy (non-hydrogen) atoms. The molecule has 0 spiro atoms. The molecule has 0 aliphatic carbocycles. The summed E-state index contributed by atoms with van der Waals surface area (Å²) in [6, 6.07) is 0. The molecule has 0 aromatic rings. The average molecular weight is 264 g/mol. The van der Waals surface area contributed by atoms with Crippen molar-refractivity contribution in [3.63, 3.8) is 0 Å². The summed E-state index contributed by atoms with van der Waals surface area (Å²) in [6.07, 6.45) is 14.3. The van der Waals surface area contributed by atoms with Crippen LogP contribution in [0.2, 0.25) is 0 Å². The van der Waals surface area contributed by atoms with E-state index in [4.69, 9.17) is 4.74 Å². The molecule has 1 unspecified atom stereocenters. The fourth-order valence-electron chi connectivity index (χ4n) is 2.11. The molecule has 0 saturated carbocycles. The lowest BCUT2D eigenvalue weighted by Gasteiger charge is -2.11. The van der Waals surface area contributed by atoms with Crippen LogP contribution in [0, 0.1) is 0 Å². The first kappa shape index (κ1) is 15.7. The molecule has 0 saturated heterocycles. The van der Waals surface area contributed by atoms with Gasteiger partial charge in [0.2, 0.25) is 0 Å². The minimum absolute atomic E-state index is 0.0318. The van der Waals surface area contributed by atoms with Crippen LogP contribution < -0.4 is 0 Å². The fraction of sp³-hybridized carbons (Fsp3) is 0.625. The van der Waals surface area contributed by atoms with Gasteiger partial charge in [0.25, 0.3) is 0 Å². The van der Waals surface area contributed by atoms with Crippen LogP contribution in [0.3, 0.4) is 0 Å². The van der Waals surface area contributed by atoms with E-state index in [2.05, 4.69) is 0 Å². The third-order valence-corrected chi connectivity index (χ3v) is 3.23. The van der Waals surface area contributed by atoms with Crippen LogP contribution in [0.15, 0.2) is 24.3 Å². The molecular formula is C16H24O3. The van der Waals surface area contributed by atoms with Gasteiger partial charge in [-0.1, -0.05) is 37.8 Å². The zero-order valence-corrected chi connectivity index (χ0v) is 11.8. The lowest BCUT2D eigenvalue weighted by Crippen LogP contribution is -2.12. The van der Waals surface area contributed by atoms with Crippen LogP contribution in [0.5, 0.6) is 0 Å². The van der Waals surface area contributed by atoms with Crippen LogP contribution in [0.4, 0.5) is 0 Å². The molecule has 0 bridgehead atoms. The van der Waals surface area contributed by atoms with Crippen molar-refractivity contribution in [1.29, 1.82) is 0 Å². The Morgan fingerprint density at radius 2 is 1.58 bits per heavy atom. The summed E-state index contributed by atoms with van der Waals surface area (Å²) < 4.78 is 5.23. The van der Waals surface area contributed by atoms with Crippen molar-refractivity contribution in [3.8, 4) is 0 Å². The highest BCUT2D eigenvalue weighted by Crippen LogP contribution is 2.12. The van der Waals surface area contributed by atoms with Gasteiger partial charge in [-0.05, 0) is 32.3 Å². The third kappa shape index (κ3) is 8.36. The van der Waals surface area contributed by atoms with E-state index in [9.17, 15) is 9.59 Å². The van der Waals surface area contributed by atoms with E-state index in [1.54, 1.807) is 12.2 Å². The molecule has 0 amide bonds. The van der Waals surface area contributed by atoms with Crippen molar-refractivity contribution in [2.45, 2.75) is 64.4 Å². The molecule has 1 atom stereocenters. The maximum Gasteiger partial charge on any atom is 0.331 e. The molecule has 0 fully saturated rings. The van der Waals surface area contributed by atoms with Crippen molar-refractivity contribution in [3.05, 3.63) is 24.3 Å². The van der Waals surface area contributed by atoms with Gasteiger partial charge in [-0.15, -0.1) is 0 Å². The van der Waals surface area contributed by atoms with Gasteiger partial charge in [0, 0.05) is 12.5 Å². The number of ether oxygens (including phenoxy) is 1. The second-order valence-corrected chi connectivity index (χ2v) is 5.09. The first-order chi connectivity index (χ1) is 9.18. The molecule has 1 aliphatic heterocycles. The Morgan fingerprint density at radius 1 is 0.947 bits per heavy atom. The smallest absolute Gasteiger partial charge is 0.331 e. The third-order valence-electron chi connectivity index (χ3n) is 3.23. The summed E-state index contributed by atoms with van der Waals surface area (Å²) in [4.78, 5) is 22.9. The summed E-state index contributed by atoms with van der Waals surface area (Å²) in [5.41, 5.74) is 0. The van der Waals surface area contributed by atoms with Gasteiger partial charge in [-0.2, -0.15) is 0 Å². The van der Waals surface area contributed by atoms with Gasteiger partial charge in [0.15, 0.2) is 5.78 Å². The lowest BCUT2D eigenvalue weighted by atomic mass is 10.1. The highest BCUT2D eigenvalue weighted by atomic mass is 16.5. The number of hydrogen-bond donors (Lipinski definition) is 0. The predicted molar refractivity (Wildman–Crippen MR) is 75.8 cm³/mol. The van der Waals surface area contributed by atoms with Gasteiger partial charge in [-0.25, -0.2) is 4.79 Å². The summed E-state index contributed by atoms with van der Waals surface area (Å²) in [7, 11) is 0. The van der Waals surface area contributed by atoms with Gasteiger partial charge in [-0.3, -0.25) is 4.79 Å². The Bertz CT molecular complexity index is 342. The standard InChI is InChI=1S/C16H24O3/c1-14-10-6-4-2-3-5-7-11-15(17)12-8-9-13-16(18)19-14/h8-9,12-14H,2-7,10-11H2,1H3/b12-8+,13-9+. The average Bonchev–Trinajstić information content (AvgIpc) is 2.36. The number of cyclic esters (lactones) is 1. The van der Waals surface area contributed by atoms with E-state index in [1.165, 1.54) is 31.4 Å². The second-order valence-electron chi connectivity index (χ2n) is 5.09. The van der Waals surface area contributed by atoms with E-state index in [0.717, 1.165) is 25.7 Å². The first-order valence-corrected chi connectivity index (χ1v) is 7.26. The van der Waals surface area contributed by atoms with Gasteiger partial charge >= 0.3 is 5.97 Å². The van der Waals surface area contributed by atoms with Crippen molar-refractivity contribution < 1.29 is 14.3 Å². The van der Waals surface area contributed by atoms with E-state index in [0.29, 0.717) is 6.42 Å². The number of hydrogen-bond acceptors (Lipinski definition) is 3. The molecule has 0 aromatic heterocycles. The van der Waals surface area contributed by atoms with Crippen molar-refractivity contribution >= 4 is 11.8 Å². The minimum Gasteiger partial charge on any atom is -0.460 e. The summed E-state index contributed by atoms with van der Waals surface area (Å²) in [5, 5.41) is 0. The summed E-state index contributed by atoms with van der Waals surface area (Å²) in [6.45, 7) is 1.92. The Labute approximate surface area is 115 Å². The maximum atomic E-state index is 11.5. The van der Waals surface area contributed by atoms with E-state index >= 15 is 0 Å². The van der Waals surface area contributed by atoms with Gasteiger partial charge < -0.3 is 4.74 Å². The monoisotopic (exact) mass is 264 g/mol. The van der Waals surface area contributed by atoms with Crippen LogP contribution in [-0.4, -0.2) is 17.9 Å². The molecule has 1 rings (SSSR count). The molecular weight excluding hydrogens is 240 g/mol. The predicted octanol–water partition coefficient (Wildman–Crippen LogP) is 3.73. The molecule has 3 nitrogen and oxygen atoms in total. The quantitative estimate of drug-likeness (QED) is 0.626. The van der Waals surface area contributed by atoms with Crippen LogP contribution in [0.25, 0.3) is 0 Å². The molecule has 1 aliphatic rings.